The van der Waals surface area contributed by atoms with Gasteiger partial charge in [0.25, 0.3) is 0 Å². The molecule has 11 heteroatoms. The van der Waals surface area contributed by atoms with Gasteiger partial charge in [-0.15, -0.1) is 0 Å². The molecule has 0 N–H and O–H groups in total. The summed E-state index contributed by atoms with van der Waals surface area (Å²) in [5.41, 5.74) is 1.24. The van der Waals surface area contributed by atoms with Crippen molar-refractivity contribution in [1.29, 1.82) is 0 Å². The summed E-state index contributed by atoms with van der Waals surface area (Å²) >= 11 is 0. The van der Waals surface area contributed by atoms with Crippen LogP contribution in [0.3, 0.4) is 0 Å². The van der Waals surface area contributed by atoms with E-state index in [1.54, 1.807) is 45.0 Å². The zero-order valence-corrected chi connectivity index (χ0v) is 23.8. The molecule has 37 heavy (non-hydrogen) atoms. The van der Waals surface area contributed by atoms with Gasteiger partial charge in [0, 0.05) is 45.8 Å². The van der Waals surface area contributed by atoms with Crippen molar-refractivity contribution >= 4 is 21.8 Å². The average Bonchev–Trinajstić information content (AvgIpc) is 2.85. The van der Waals surface area contributed by atoms with E-state index in [1.165, 1.54) is 11.4 Å². The van der Waals surface area contributed by atoms with Crippen molar-refractivity contribution in [2.24, 2.45) is 0 Å². The highest BCUT2D eigenvalue weighted by Gasteiger charge is 2.33. The van der Waals surface area contributed by atoms with Gasteiger partial charge in [0.05, 0.1) is 25.2 Å². The normalized spacial score (nSPS) is 21.4. The standard InChI is InChI=1S/C26H42N4O6S/c1-19-15-23(35-6)16-20(2)26(19)37(33,34)28(4)13-14-36-18-25(32)29(5)21-7-9-22(10-8-21)30-12-11-27(3)17-24(30)31/h15-16,21-22H,7-14,17-18H2,1-6H3/t21-,22-. The third-order valence-electron chi connectivity index (χ3n) is 7.61. The topological polar surface area (TPSA) is 99.7 Å². The molecule has 1 saturated heterocycles. The van der Waals surface area contributed by atoms with Crippen molar-refractivity contribution in [3.05, 3.63) is 23.3 Å². The predicted molar refractivity (Wildman–Crippen MR) is 141 cm³/mol. The average molecular weight is 539 g/mol. The van der Waals surface area contributed by atoms with Gasteiger partial charge in [-0.25, -0.2) is 8.42 Å². The van der Waals surface area contributed by atoms with Crippen LogP contribution < -0.4 is 4.74 Å². The van der Waals surface area contributed by atoms with Gasteiger partial charge in [-0.3, -0.25) is 14.5 Å². The lowest BCUT2D eigenvalue weighted by atomic mass is 9.89. The molecule has 2 amide bonds. The summed E-state index contributed by atoms with van der Waals surface area (Å²) in [6.07, 6.45) is 3.50. The fourth-order valence-corrected chi connectivity index (χ4v) is 6.87. The second kappa shape index (κ2) is 12.6. The number of nitrogens with zero attached hydrogens (tertiary/aromatic N) is 4. The number of sulfonamides is 1. The number of aryl methyl sites for hydroxylation is 2. The molecule has 2 aliphatic rings. The van der Waals surface area contributed by atoms with Crippen molar-refractivity contribution in [3.63, 3.8) is 0 Å². The molecule has 1 saturated carbocycles. The molecule has 1 aromatic rings. The highest BCUT2D eigenvalue weighted by atomic mass is 32.2. The Labute approximate surface area is 221 Å². The van der Waals surface area contributed by atoms with Crippen LogP contribution in [0, 0.1) is 13.8 Å². The minimum absolute atomic E-state index is 0.0954. The third-order valence-corrected chi connectivity index (χ3v) is 9.77. The van der Waals surface area contributed by atoms with Crippen LogP contribution in [0.25, 0.3) is 0 Å². The highest BCUT2D eigenvalue weighted by molar-refractivity contribution is 7.89. The van der Waals surface area contributed by atoms with Crippen LogP contribution in [0.5, 0.6) is 5.75 Å². The fraction of sp³-hybridized carbons (Fsp3) is 0.692. The van der Waals surface area contributed by atoms with Crippen LogP contribution >= 0.6 is 0 Å². The number of rotatable bonds is 10. The van der Waals surface area contributed by atoms with Crippen LogP contribution in [-0.2, 0) is 24.3 Å². The Morgan fingerprint density at radius 2 is 1.70 bits per heavy atom. The third kappa shape index (κ3) is 7.01. The Balaban J connectivity index is 1.43. The van der Waals surface area contributed by atoms with Gasteiger partial charge in [0.15, 0.2) is 0 Å². The van der Waals surface area contributed by atoms with Gasteiger partial charge < -0.3 is 19.3 Å². The van der Waals surface area contributed by atoms with Crippen molar-refractivity contribution in [1.82, 2.24) is 19.0 Å². The largest absolute Gasteiger partial charge is 0.497 e. The molecule has 0 bridgehead atoms. The Hall–Kier alpha value is -2.21. The van der Waals surface area contributed by atoms with Crippen molar-refractivity contribution in [2.45, 2.75) is 56.5 Å². The lowest BCUT2D eigenvalue weighted by molar-refractivity contribution is -0.141. The summed E-state index contributed by atoms with van der Waals surface area (Å²) < 4.78 is 38.3. The summed E-state index contributed by atoms with van der Waals surface area (Å²) in [5, 5.41) is 0. The molecule has 1 aliphatic heterocycles. The smallest absolute Gasteiger partial charge is 0.248 e. The lowest BCUT2D eigenvalue weighted by Crippen LogP contribution is -2.54. The van der Waals surface area contributed by atoms with Gasteiger partial charge in [-0.05, 0) is 69.8 Å². The SMILES string of the molecule is COc1cc(C)c(S(=O)(=O)N(C)CCOCC(=O)N(C)[C@H]2CC[C@H](N3CCN(C)CC3=O)CC2)c(C)c1. The predicted octanol–water partition coefficient (Wildman–Crippen LogP) is 1.49. The number of hydrogen-bond donors (Lipinski definition) is 0. The number of amides is 2. The molecule has 0 atom stereocenters. The van der Waals surface area contributed by atoms with E-state index in [2.05, 4.69) is 0 Å². The number of benzene rings is 1. The number of hydrogen-bond acceptors (Lipinski definition) is 7. The minimum atomic E-state index is -3.71. The molecule has 2 fully saturated rings. The number of ether oxygens (including phenoxy) is 2. The van der Waals surface area contributed by atoms with Crippen LogP contribution in [0.4, 0.5) is 0 Å². The highest BCUT2D eigenvalue weighted by Crippen LogP contribution is 2.28. The molecule has 10 nitrogen and oxygen atoms in total. The summed E-state index contributed by atoms with van der Waals surface area (Å²) in [6, 6.07) is 3.79. The van der Waals surface area contributed by atoms with Crippen LogP contribution in [0.2, 0.25) is 0 Å². The quantitative estimate of drug-likeness (QED) is 0.416. The minimum Gasteiger partial charge on any atom is -0.497 e. The zero-order chi connectivity index (χ0) is 27.3. The first-order valence-electron chi connectivity index (χ1n) is 12.9. The van der Waals surface area contributed by atoms with Gasteiger partial charge in [0.2, 0.25) is 21.8 Å². The second-order valence-corrected chi connectivity index (χ2v) is 12.2. The monoisotopic (exact) mass is 538 g/mol. The van der Waals surface area contributed by atoms with Gasteiger partial charge in [-0.1, -0.05) is 0 Å². The molecular formula is C26H42N4O6S. The summed E-state index contributed by atoms with van der Waals surface area (Å²) in [4.78, 5) is 31.2. The Kier molecular flexibility index (Phi) is 9.96. The van der Waals surface area contributed by atoms with E-state index < -0.39 is 10.0 Å². The van der Waals surface area contributed by atoms with Gasteiger partial charge >= 0.3 is 0 Å². The van der Waals surface area contributed by atoms with Gasteiger partial charge in [0.1, 0.15) is 12.4 Å². The lowest BCUT2D eigenvalue weighted by Gasteiger charge is -2.42. The van der Waals surface area contributed by atoms with E-state index in [-0.39, 0.29) is 48.6 Å². The molecule has 0 aromatic heterocycles. The molecule has 1 aliphatic carbocycles. The van der Waals surface area contributed by atoms with Crippen LogP contribution in [-0.4, -0.2) is 119 Å². The molecule has 1 heterocycles. The summed E-state index contributed by atoms with van der Waals surface area (Å²) in [6.45, 7) is 5.80. The molecule has 0 radical (unpaired) electrons. The maximum Gasteiger partial charge on any atom is 0.248 e. The molecule has 0 spiro atoms. The number of methoxy groups -OCH3 is 1. The molecule has 1 aromatic carbocycles. The molecule has 208 valence electrons. The van der Waals surface area contributed by atoms with Crippen molar-refractivity contribution < 1.29 is 27.5 Å². The van der Waals surface area contributed by atoms with E-state index in [9.17, 15) is 18.0 Å². The van der Waals surface area contributed by atoms with E-state index in [0.717, 1.165) is 38.8 Å². The maximum atomic E-state index is 13.1. The Morgan fingerprint density at radius 1 is 1.08 bits per heavy atom. The number of piperazine rings is 1. The van der Waals surface area contributed by atoms with E-state index in [0.29, 0.717) is 23.4 Å². The van der Waals surface area contributed by atoms with Gasteiger partial charge in [-0.2, -0.15) is 4.31 Å². The van der Waals surface area contributed by atoms with Crippen LogP contribution in [0.1, 0.15) is 36.8 Å². The Morgan fingerprint density at radius 3 is 2.27 bits per heavy atom. The zero-order valence-electron chi connectivity index (χ0n) is 23.0. The number of carbonyl (C=O) groups excluding carboxylic acids is 2. The van der Waals surface area contributed by atoms with Crippen LogP contribution in [0.15, 0.2) is 17.0 Å². The van der Waals surface area contributed by atoms with Crippen molar-refractivity contribution in [2.75, 3.05) is 67.6 Å². The first-order valence-corrected chi connectivity index (χ1v) is 14.3. The van der Waals surface area contributed by atoms with E-state index >= 15 is 0 Å². The van der Waals surface area contributed by atoms with E-state index in [1.807, 2.05) is 16.8 Å². The molecule has 3 rings (SSSR count). The maximum absolute atomic E-state index is 13.1. The Bertz CT molecular complexity index is 1050. The first kappa shape index (κ1) is 29.3. The number of likely N-dealkylation sites (N-methyl/N-ethyl adjacent to an activating group) is 3. The fourth-order valence-electron chi connectivity index (χ4n) is 5.32. The van der Waals surface area contributed by atoms with Crippen molar-refractivity contribution in [3.8, 4) is 5.75 Å². The van der Waals surface area contributed by atoms with E-state index in [4.69, 9.17) is 9.47 Å². The molecular weight excluding hydrogens is 496 g/mol. The number of carbonyl (C=O) groups is 2. The second-order valence-electron chi connectivity index (χ2n) is 10.3. The summed E-state index contributed by atoms with van der Waals surface area (Å²) in [7, 11) is 3.11. The first-order chi connectivity index (χ1) is 17.4. The summed E-state index contributed by atoms with van der Waals surface area (Å²) in [5.74, 6) is 0.690. The molecule has 0 unspecified atom stereocenters.